The van der Waals surface area contributed by atoms with Gasteiger partial charge < -0.3 is 10.6 Å². The monoisotopic (exact) mass is 263 g/mol. The maximum atomic E-state index is 5.78. The number of thiocarbonyl (C=S) groups is 1. The van der Waals surface area contributed by atoms with Crippen LogP contribution < -0.4 is 10.6 Å². The van der Waals surface area contributed by atoms with Gasteiger partial charge >= 0.3 is 0 Å². The highest BCUT2D eigenvalue weighted by Gasteiger charge is 2.20. The van der Waals surface area contributed by atoms with Crippen molar-refractivity contribution in [2.45, 2.75) is 44.6 Å². The molecule has 1 aromatic heterocycles. The topological polar surface area (TPSA) is 42.2 Å². The molecule has 0 aromatic carbocycles. The summed E-state index contributed by atoms with van der Waals surface area (Å²) in [4.78, 5) is 7.16. The molecule has 0 spiro atoms. The van der Waals surface area contributed by atoms with Crippen LogP contribution in [0.2, 0.25) is 0 Å². The minimum Gasteiger partial charge on any atom is -0.389 e. The molecule has 1 fully saturated rings. The fourth-order valence-corrected chi connectivity index (χ4v) is 2.85. The molecule has 0 unspecified atom stereocenters. The maximum Gasteiger partial charge on any atom is 0.138 e. The van der Waals surface area contributed by atoms with Crippen LogP contribution in [0.15, 0.2) is 18.3 Å². The van der Waals surface area contributed by atoms with Crippen LogP contribution in [0.4, 0.5) is 5.82 Å². The Morgan fingerprint density at radius 3 is 2.61 bits per heavy atom. The molecule has 0 saturated heterocycles. The number of hydrogen-bond donors (Lipinski definition) is 1. The molecule has 1 heterocycles. The molecule has 18 heavy (non-hydrogen) atoms. The van der Waals surface area contributed by atoms with Gasteiger partial charge in [0.1, 0.15) is 10.8 Å². The number of nitrogens with zero attached hydrogens (tertiary/aromatic N) is 2. The second-order valence-corrected chi connectivity index (χ2v) is 5.43. The van der Waals surface area contributed by atoms with Crippen LogP contribution in [-0.4, -0.2) is 23.1 Å². The van der Waals surface area contributed by atoms with Crippen molar-refractivity contribution in [2.75, 3.05) is 11.9 Å². The Balaban J connectivity index is 2.21. The molecule has 0 radical (unpaired) electrons. The minimum atomic E-state index is 0.429. The first-order valence-electron chi connectivity index (χ1n) is 6.68. The number of rotatable bonds is 3. The zero-order chi connectivity index (χ0) is 13.0. The van der Waals surface area contributed by atoms with Crippen molar-refractivity contribution in [3.05, 3.63) is 23.9 Å². The first-order valence-corrected chi connectivity index (χ1v) is 7.08. The highest BCUT2D eigenvalue weighted by atomic mass is 32.1. The van der Waals surface area contributed by atoms with Crippen LogP contribution in [0.5, 0.6) is 0 Å². The number of pyridine rings is 1. The van der Waals surface area contributed by atoms with Crippen LogP contribution >= 0.6 is 12.2 Å². The summed E-state index contributed by atoms with van der Waals surface area (Å²) >= 11 is 5.11. The van der Waals surface area contributed by atoms with E-state index in [1.165, 1.54) is 38.5 Å². The Bertz CT molecular complexity index is 411. The number of hydrogen-bond acceptors (Lipinski definition) is 3. The summed E-state index contributed by atoms with van der Waals surface area (Å²) in [6.07, 6.45) is 9.62. The largest absolute Gasteiger partial charge is 0.389 e. The van der Waals surface area contributed by atoms with Crippen LogP contribution in [0.1, 0.15) is 44.1 Å². The summed E-state index contributed by atoms with van der Waals surface area (Å²) in [5.74, 6) is 0.928. The third-order valence-corrected chi connectivity index (χ3v) is 3.98. The van der Waals surface area contributed by atoms with Gasteiger partial charge in [-0.2, -0.15) is 0 Å². The fraction of sp³-hybridized carbons (Fsp3) is 0.571. The van der Waals surface area contributed by atoms with Crippen molar-refractivity contribution in [1.29, 1.82) is 0 Å². The lowest BCUT2D eigenvalue weighted by Crippen LogP contribution is -2.33. The van der Waals surface area contributed by atoms with Gasteiger partial charge in [0.15, 0.2) is 0 Å². The minimum absolute atomic E-state index is 0.429. The normalized spacial score (nSPS) is 17.2. The van der Waals surface area contributed by atoms with Crippen molar-refractivity contribution in [3.8, 4) is 0 Å². The molecule has 2 N–H and O–H groups in total. The highest BCUT2D eigenvalue weighted by Crippen LogP contribution is 2.26. The SMILES string of the molecule is CN(c1ncccc1C(N)=S)C1CCCCCC1. The Morgan fingerprint density at radius 1 is 1.33 bits per heavy atom. The number of nitrogens with two attached hydrogens (primary N) is 1. The van der Waals surface area contributed by atoms with Gasteiger partial charge in [-0.1, -0.05) is 37.9 Å². The van der Waals surface area contributed by atoms with Gasteiger partial charge in [-0.15, -0.1) is 0 Å². The van der Waals surface area contributed by atoms with E-state index in [4.69, 9.17) is 18.0 Å². The molecular formula is C14H21N3S. The van der Waals surface area contributed by atoms with E-state index in [1.54, 1.807) is 0 Å². The van der Waals surface area contributed by atoms with E-state index in [-0.39, 0.29) is 0 Å². The van der Waals surface area contributed by atoms with E-state index in [0.717, 1.165) is 11.4 Å². The van der Waals surface area contributed by atoms with Crippen molar-refractivity contribution < 1.29 is 0 Å². The standard InChI is InChI=1S/C14H21N3S/c1-17(11-7-4-2-3-5-8-11)14-12(13(15)18)9-6-10-16-14/h6,9-11H,2-5,7-8H2,1H3,(H2,15,18). The van der Waals surface area contributed by atoms with Crippen LogP contribution in [0.25, 0.3) is 0 Å². The van der Waals surface area contributed by atoms with Gasteiger partial charge in [-0.3, -0.25) is 0 Å². The second kappa shape index (κ2) is 6.14. The molecule has 1 aliphatic carbocycles. The number of aromatic nitrogens is 1. The molecule has 3 nitrogen and oxygen atoms in total. The molecule has 0 aliphatic heterocycles. The summed E-state index contributed by atoms with van der Waals surface area (Å²) in [5, 5.41) is 0. The Labute approximate surface area is 114 Å². The molecule has 0 bridgehead atoms. The van der Waals surface area contributed by atoms with E-state index in [1.807, 2.05) is 18.3 Å². The van der Waals surface area contributed by atoms with Gasteiger partial charge in [-0.05, 0) is 25.0 Å². The van der Waals surface area contributed by atoms with Gasteiger partial charge in [0.05, 0.1) is 5.56 Å². The Morgan fingerprint density at radius 2 is 2.00 bits per heavy atom. The molecule has 1 aromatic rings. The molecule has 1 saturated carbocycles. The van der Waals surface area contributed by atoms with Crippen LogP contribution in [0.3, 0.4) is 0 Å². The average Bonchev–Trinajstić information content (AvgIpc) is 2.66. The van der Waals surface area contributed by atoms with E-state index in [9.17, 15) is 0 Å². The van der Waals surface area contributed by atoms with Crippen LogP contribution in [0, 0.1) is 0 Å². The molecule has 1 aliphatic rings. The molecule has 2 rings (SSSR count). The average molecular weight is 263 g/mol. The van der Waals surface area contributed by atoms with Gasteiger partial charge in [0.2, 0.25) is 0 Å². The predicted molar refractivity (Wildman–Crippen MR) is 80.0 cm³/mol. The predicted octanol–water partition coefficient (Wildman–Crippen LogP) is 2.87. The summed E-state index contributed by atoms with van der Waals surface area (Å²) in [7, 11) is 2.11. The second-order valence-electron chi connectivity index (χ2n) is 5.00. The summed E-state index contributed by atoms with van der Waals surface area (Å²) in [6, 6.07) is 4.41. The van der Waals surface area contributed by atoms with Crippen molar-refractivity contribution in [3.63, 3.8) is 0 Å². The molecular weight excluding hydrogens is 242 g/mol. The van der Waals surface area contributed by atoms with Crippen molar-refractivity contribution in [1.82, 2.24) is 4.98 Å². The zero-order valence-corrected chi connectivity index (χ0v) is 11.7. The summed E-state index contributed by atoms with van der Waals surface area (Å²) < 4.78 is 0. The van der Waals surface area contributed by atoms with Crippen LogP contribution in [-0.2, 0) is 0 Å². The lowest BCUT2D eigenvalue weighted by molar-refractivity contribution is 0.549. The molecule has 4 heteroatoms. The van der Waals surface area contributed by atoms with Gasteiger partial charge in [-0.25, -0.2) is 4.98 Å². The smallest absolute Gasteiger partial charge is 0.138 e. The first kappa shape index (κ1) is 13.3. The van der Waals surface area contributed by atoms with E-state index < -0.39 is 0 Å². The Kier molecular flexibility index (Phi) is 4.53. The van der Waals surface area contributed by atoms with Gasteiger partial charge in [0.25, 0.3) is 0 Å². The van der Waals surface area contributed by atoms with E-state index in [0.29, 0.717) is 11.0 Å². The first-order chi connectivity index (χ1) is 8.70. The Hall–Kier alpha value is -1.16. The molecule has 0 atom stereocenters. The summed E-state index contributed by atoms with van der Waals surface area (Å²) in [6.45, 7) is 0. The lowest BCUT2D eigenvalue weighted by atomic mass is 10.1. The van der Waals surface area contributed by atoms with E-state index in [2.05, 4.69) is 16.9 Å². The summed E-state index contributed by atoms with van der Waals surface area (Å²) in [5.41, 5.74) is 6.67. The fourth-order valence-electron chi connectivity index (χ4n) is 2.69. The van der Waals surface area contributed by atoms with Crippen molar-refractivity contribution >= 4 is 23.0 Å². The lowest BCUT2D eigenvalue weighted by Gasteiger charge is -2.29. The van der Waals surface area contributed by atoms with E-state index >= 15 is 0 Å². The quantitative estimate of drug-likeness (QED) is 0.672. The zero-order valence-electron chi connectivity index (χ0n) is 10.9. The maximum absolute atomic E-state index is 5.78. The molecule has 98 valence electrons. The number of anilines is 1. The highest BCUT2D eigenvalue weighted by molar-refractivity contribution is 7.80. The van der Waals surface area contributed by atoms with Crippen molar-refractivity contribution in [2.24, 2.45) is 5.73 Å². The third-order valence-electron chi connectivity index (χ3n) is 3.76. The third kappa shape index (κ3) is 2.99. The molecule has 0 amide bonds. The van der Waals surface area contributed by atoms with Gasteiger partial charge in [0, 0.05) is 19.3 Å².